The summed E-state index contributed by atoms with van der Waals surface area (Å²) in [5, 5.41) is 10.0. The summed E-state index contributed by atoms with van der Waals surface area (Å²) in [6.45, 7) is 3.24. The van der Waals surface area contributed by atoms with Crippen LogP contribution in [0.1, 0.15) is 32.6 Å². The largest absolute Gasteiger partial charge is 0.339 e. The normalized spacial score (nSPS) is 12.6. The van der Waals surface area contributed by atoms with E-state index in [1.807, 2.05) is 30.3 Å². The molecule has 8 aromatic rings. The molecule has 6 heteroatoms. The average Bonchev–Trinajstić information content (AvgIpc) is 3.72. The van der Waals surface area contributed by atoms with Crippen molar-refractivity contribution in [2.24, 2.45) is 0 Å². The lowest BCUT2D eigenvalue weighted by Crippen LogP contribution is -2.12. The van der Waals surface area contributed by atoms with Crippen molar-refractivity contribution < 1.29 is 8.42 Å². The summed E-state index contributed by atoms with van der Waals surface area (Å²) in [6, 6.07) is 31.9. The van der Waals surface area contributed by atoms with Gasteiger partial charge in [0.2, 0.25) is 0 Å². The van der Waals surface area contributed by atoms with Crippen LogP contribution in [-0.4, -0.2) is 17.0 Å². The topological polar surface area (TPSA) is 44.0 Å². The van der Waals surface area contributed by atoms with Gasteiger partial charge in [0.25, 0.3) is 10.0 Å². The van der Waals surface area contributed by atoms with E-state index in [2.05, 4.69) is 59.3 Å². The van der Waals surface area contributed by atoms with Crippen molar-refractivity contribution >= 4 is 85.8 Å². The first-order valence-corrected chi connectivity index (χ1v) is 17.0. The fourth-order valence-electron chi connectivity index (χ4n) is 6.81. The monoisotopic (exact) mass is 586 g/mol. The van der Waals surface area contributed by atoms with Crippen LogP contribution in [0.2, 0.25) is 0 Å². The highest BCUT2D eigenvalue weighted by atomic mass is 32.2. The molecule has 0 aliphatic heterocycles. The average molecular weight is 587 g/mol. The summed E-state index contributed by atoms with van der Waals surface area (Å²) in [4.78, 5) is 0.287. The molecule has 0 saturated heterocycles. The van der Waals surface area contributed by atoms with Crippen LogP contribution < -0.4 is 0 Å². The Kier molecular flexibility index (Phi) is 5.92. The maximum absolute atomic E-state index is 14.2. The van der Waals surface area contributed by atoms with Gasteiger partial charge in [0, 0.05) is 39.0 Å². The Morgan fingerprint density at radius 1 is 0.643 bits per heavy atom. The van der Waals surface area contributed by atoms with Gasteiger partial charge in [0.1, 0.15) is 0 Å². The summed E-state index contributed by atoms with van der Waals surface area (Å²) >= 11 is 1.78. The van der Waals surface area contributed by atoms with E-state index in [1.165, 1.54) is 56.5 Å². The summed E-state index contributed by atoms with van der Waals surface area (Å²) < 4.78 is 33.7. The number of benzene rings is 5. The van der Waals surface area contributed by atoms with Gasteiger partial charge in [0.05, 0.1) is 26.1 Å². The third-order valence-electron chi connectivity index (χ3n) is 8.70. The molecule has 4 nitrogen and oxygen atoms in total. The number of rotatable bonds is 7. The fraction of sp³-hybridized carbons (Fsp3) is 0.167. The number of fused-ring (bicyclic) bond motifs is 11. The van der Waals surface area contributed by atoms with E-state index >= 15 is 0 Å². The number of thiophene rings is 1. The molecule has 0 aliphatic carbocycles. The van der Waals surface area contributed by atoms with Gasteiger partial charge in [-0.05, 0) is 65.0 Å². The number of hydrogen-bond donors (Lipinski definition) is 0. The highest BCUT2D eigenvalue weighted by Gasteiger charge is 2.25. The van der Waals surface area contributed by atoms with E-state index < -0.39 is 10.0 Å². The molecule has 0 saturated carbocycles. The minimum absolute atomic E-state index is 0.287. The molecule has 42 heavy (non-hydrogen) atoms. The molecule has 208 valence electrons. The Morgan fingerprint density at radius 3 is 2.19 bits per heavy atom. The van der Waals surface area contributed by atoms with Gasteiger partial charge in [-0.15, -0.1) is 11.3 Å². The van der Waals surface area contributed by atoms with Crippen LogP contribution in [0.3, 0.4) is 0 Å². The van der Waals surface area contributed by atoms with Crippen molar-refractivity contribution in [3.8, 4) is 0 Å². The first-order valence-electron chi connectivity index (χ1n) is 14.7. The van der Waals surface area contributed by atoms with E-state index in [0.29, 0.717) is 11.0 Å². The number of nitrogens with zero attached hydrogens (tertiary/aromatic N) is 2. The first-order chi connectivity index (χ1) is 20.6. The van der Waals surface area contributed by atoms with E-state index in [9.17, 15) is 8.42 Å². The summed E-state index contributed by atoms with van der Waals surface area (Å²) in [5.74, 6) is 0. The molecule has 0 amide bonds. The highest BCUT2D eigenvalue weighted by molar-refractivity contribution is 7.90. The number of aryl methyl sites for hydroxylation is 1. The van der Waals surface area contributed by atoms with Crippen LogP contribution in [0.15, 0.2) is 107 Å². The molecule has 0 N–H and O–H groups in total. The molecule has 8 rings (SSSR count). The van der Waals surface area contributed by atoms with Crippen LogP contribution in [0.4, 0.5) is 0 Å². The van der Waals surface area contributed by atoms with E-state index in [4.69, 9.17) is 0 Å². The van der Waals surface area contributed by atoms with Crippen molar-refractivity contribution in [2.45, 2.75) is 44.0 Å². The van der Waals surface area contributed by atoms with Crippen molar-refractivity contribution in [1.29, 1.82) is 0 Å². The molecular formula is C36H30N2O2S2. The van der Waals surface area contributed by atoms with E-state index in [-0.39, 0.29) is 4.90 Å². The van der Waals surface area contributed by atoms with Crippen molar-refractivity contribution in [1.82, 2.24) is 8.54 Å². The minimum atomic E-state index is -3.83. The Labute approximate surface area is 248 Å². The fourth-order valence-corrected chi connectivity index (χ4v) is 9.32. The van der Waals surface area contributed by atoms with Gasteiger partial charge < -0.3 is 4.57 Å². The summed E-state index contributed by atoms with van der Waals surface area (Å²) in [6.07, 6.45) is 4.84. The molecule has 0 fully saturated rings. The zero-order valence-electron chi connectivity index (χ0n) is 23.4. The zero-order valence-corrected chi connectivity index (χ0v) is 25.0. The van der Waals surface area contributed by atoms with E-state index in [1.54, 1.807) is 39.6 Å². The van der Waals surface area contributed by atoms with Crippen LogP contribution in [0.5, 0.6) is 0 Å². The van der Waals surface area contributed by atoms with Gasteiger partial charge in [-0.2, -0.15) is 0 Å². The second-order valence-electron chi connectivity index (χ2n) is 11.1. The molecule has 0 radical (unpaired) electrons. The summed E-state index contributed by atoms with van der Waals surface area (Å²) in [5.41, 5.74) is 3.97. The Balaban J connectivity index is 1.53. The standard InChI is InChI=1S/C36H30N2O2S2/c1-2-3-4-12-20-37-31-17-10-9-16-27(31)34-30-22-29-25-15-8-11-18-32(25)38(42(39,40)24-13-6-5-7-14-24)33(29)23-28(30)26-19-21-41-36(26)35(34)37/h5-11,13-19,21-23H,2-4,12,20H2,1H3. The molecule has 0 unspecified atom stereocenters. The highest BCUT2D eigenvalue weighted by Crippen LogP contribution is 2.45. The number of para-hydroxylation sites is 2. The number of aromatic nitrogens is 2. The Bertz CT molecular complexity index is 2410. The predicted molar refractivity (Wildman–Crippen MR) is 179 cm³/mol. The maximum atomic E-state index is 14.2. The van der Waals surface area contributed by atoms with Crippen LogP contribution >= 0.6 is 11.3 Å². The molecule has 0 atom stereocenters. The zero-order chi connectivity index (χ0) is 28.4. The van der Waals surface area contributed by atoms with E-state index in [0.717, 1.165) is 29.1 Å². The van der Waals surface area contributed by atoms with Gasteiger partial charge in [0.15, 0.2) is 0 Å². The van der Waals surface area contributed by atoms with Crippen LogP contribution in [-0.2, 0) is 16.6 Å². The third kappa shape index (κ3) is 3.61. The molecule has 0 spiro atoms. The van der Waals surface area contributed by atoms with Crippen molar-refractivity contribution in [3.63, 3.8) is 0 Å². The Hall–Kier alpha value is -4.13. The molecule has 0 aliphatic rings. The molecule has 3 heterocycles. The van der Waals surface area contributed by atoms with Gasteiger partial charge in [-0.3, -0.25) is 0 Å². The van der Waals surface area contributed by atoms with Crippen LogP contribution in [0, 0.1) is 0 Å². The van der Waals surface area contributed by atoms with Gasteiger partial charge >= 0.3 is 0 Å². The van der Waals surface area contributed by atoms with Gasteiger partial charge in [-0.1, -0.05) is 80.8 Å². The molecule has 0 bridgehead atoms. The number of unbranched alkanes of at least 4 members (excludes halogenated alkanes) is 3. The minimum Gasteiger partial charge on any atom is -0.339 e. The first kappa shape index (κ1) is 25.6. The lowest BCUT2D eigenvalue weighted by molar-refractivity contribution is 0.590. The predicted octanol–water partition coefficient (Wildman–Crippen LogP) is 10.1. The molecule has 5 aromatic carbocycles. The SMILES string of the molecule is CCCCCCn1c2ccccc2c2c3cc4c5ccccc5n(S(=O)(=O)c5ccccc5)c4cc3c3ccsc3c21. The van der Waals surface area contributed by atoms with Gasteiger partial charge in [-0.25, -0.2) is 12.4 Å². The summed E-state index contributed by atoms with van der Waals surface area (Å²) in [7, 11) is -3.83. The Morgan fingerprint density at radius 2 is 1.38 bits per heavy atom. The molecule has 3 aromatic heterocycles. The van der Waals surface area contributed by atoms with Crippen LogP contribution in [0.25, 0.3) is 64.5 Å². The maximum Gasteiger partial charge on any atom is 0.268 e. The van der Waals surface area contributed by atoms with Crippen molar-refractivity contribution in [2.75, 3.05) is 0 Å². The smallest absolute Gasteiger partial charge is 0.268 e. The molecular weight excluding hydrogens is 557 g/mol. The van der Waals surface area contributed by atoms with Crippen molar-refractivity contribution in [3.05, 3.63) is 102 Å². The number of hydrogen-bond acceptors (Lipinski definition) is 3. The quantitative estimate of drug-likeness (QED) is 0.174. The second kappa shape index (κ2) is 9.72. The lowest BCUT2D eigenvalue weighted by Gasteiger charge is -2.12. The third-order valence-corrected chi connectivity index (χ3v) is 11.4. The second-order valence-corrected chi connectivity index (χ2v) is 13.8. The lowest BCUT2D eigenvalue weighted by atomic mass is 9.98.